The van der Waals surface area contributed by atoms with Gasteiger partial charge in [0.25, 0.3) is 5.89 Å². The molecule has 3 rings (SSSR count). The van der Waals surface area contributed by atoms with Crippen molar-refractivity contribution in [2.24, 2.45) is 5.73 Å². The van der Waals surface area contributed by atoms with Crippen LogP contribution in [0, 0.1) is 6.92 Å². The number of aryl methyl sites for hydroxylation is 1. The second kappa shape index (κ2) is 5.10. The average Bonchev–Trinajstić information content (AvgIpc) is 2.99. The van der Waals surface area contributed by atoms with Crippen molar-refractivity contribution in [3.63, 3.8) is 0 Å². The Labute approximate surface area is 122 Å². The van der Waals surface area contributed by atoms with Gasteiger partial charge in [0, 0.05) is 18.0 Å². The Bertz CT molecular complexity index is 750. The maximum absolute atomic E-state index is 6.38. The quantitative estimate of drug-likeness (QED) is 0.798. The van der Waals surface area contributed by atoms with Crippen LogP contribution in [0.3, 0.4) is 0 Å². The van der Waals surface area contributed by atoms with E-state index >= 15 is 0 Å². The average molecular weight is 280 g/mol. The SMILES string of the molecule is Cc1ccncc1-c1noc(C(C)(N)c2ccccc2)n1. The summed E-state index contributed by atoms with van der Waals surface area (Å²) in [6.45, 7) is 3.83. The molecule has 21 heavy (non-hydrogen) atoms. The van der Waals surface area contributed by atoms with E-state index in [-0.39, 0.29) is 0 Å². The fraction of sp³-hybridized carbons (Fsp3) is 0.188. The van der Waals surface area contributed by atoms with E-state index in [1.807, 2.05) is 50.2 Å². The number of pyridine rings is 1. The van der Waals surface area contributed by atoms with Gasteiger partial charge in [-0.1, -0.05) is 35.5 Å². The van der Waals surface area contributed by atoms with Crippen molar-refractivity contribution in [1.29, 1.82) is 0 Å². The van der Waals surface area contributed by atoms with E-state index < -0.39 is 5.54 Å². The fourth-order valence-electron chi connectivity index (χ4n) is 2.15. The van der Waals surface area contributed by atoms with E-state index in [0.29, 0.717) is 11.7 Å². The molecule has 5 heteroatoms. The highest BCUT2D eigenvalue weighted by Gasteiger charge is 2.30. The number of nitrogens with two attached hydrogens (primary N) is 1. The van der Waals surface area contributed by atoms with Crippen molar-refractivity contribution in [3.8, 4) is 11.4 Å². The predicted octanol–water partition coefficient (Wildman–Crippen LogP) is 2.66. The molecule has 106 valence electrons. The zero-order valence-electron chi connectivity index (χ0n) is 11.9. The minimum absolute atomic E-state index is 0.381. The molecule has 2 aromatic heterocycles. The molecule has 0 aliphatic heterocycles. The number of hydrogen-bond donors (Lipinski definition) is 1. The molecule has 1 atom stereocenters. The van der Waals surface area contributed by atoms with Crippen molar-refractivity contribution >= 4 is 0 Å². The third kappa shape index (κ3) is 2.43. The summed E-state index contributed by atoms with van der Waals surface area (Å²) in [5, 5.41) is 4.03. The Kier molecular flexibility index (Phi) is 3.27. The van der Waals surface area contributed by atoms with Gasteiger partial charge >= 0.3 is 0 Å². The lowest BCUT2D eigenvalue weighted by atomic mass is 9.93. The van der Waals surface area contributed by atoms with Crippen LogP contribution in [0.2, 0.25) is 0 Å². The van der Waals surface area contributed by atoms with Crippen LogP contribution in [-0.4, -0.2) is 15.1 Å². The van der Waals surface area contributed by atoms with E-state index in [0.717, 1.165) is 16.7 Å². The molecule has 0 aliphatic rings. The van der Waals surface area contributed by atoms with Gasteiger partial charge in [-0.2, -0.15) is 4.98 Å². The molecule has 0 aliphatic carbocycles. The van der Waals surface area contributed by atoms with Gasteiger partial charge in [0.1, 0.15) is 5.54 Å². The zero-order valence-corrected chi connectivity index (χ0v) is 11.9. The van der Waals surface area contributed by atoms with Gasteiger partial charge in [-0.15, -0.1) is 0 Å². The highest BCUT2D eigenvalue weighted by molar-refractivity contribution is 5.57. The predicted molar refractivity (Wildman–Crippen MR) is 79.3 cm³/mol. The van der Waals surface area contributed by atoms with E-state index in [4.69, 9.17) is 10.3 Å². The molecule has 0 fully saturated rings. The van der Waals surface area contributed by atoms with Gasteiger partial charge in [-0.05, 0) is 31.0 Å². The molecule has 0 saturated carbocycles. The van der Waals surface area contributed by atoms with Crippen LogP contribution in [0.4, 0.5) is 0 Å². The zero-order chi connectivity index (χ0) is 14.9. The van der Waals surface area contributed by atoms with Crippen LogP contribution < -0.4 is 5.73 Å². The summed E-state index contributed by atoms with van der Waals surface area (Å²) < 4.78 is 5.38. The van der Waals surface area contributed by atoms with Crippen molar-refractivity contribution < 1.29 is 4.52 Å². The molecule has 2 heterocycles. The van der Waals surface area contributed by atoms with Gasteiger partial charge in [-0.25, -0.2) is 0 Å². The lowest BCUT2D eigenvalue weighted by Crippen LogP contribution is -2.34. The van der Waals surface area contributed by atoms with Crippen LogP contribution in [-0.2, 0) is 5.54 Å². The van der Waals surface area contributed by atoms with E-state index in [9.17, 15) is 0 Å². The molecular weight excluding hydrogens is 264 g/mol. The number of benzene rings is 1. The molecule has 0 saturated heterocycles. The Balaban J connectivity index is 2.01. The van der Waals surface area contributed by atoms with Gasteiger partial charge < -0.3 is 10.3 Å². The van der Waals surface area contributed by atoms with Crippen LogP contribution >= 0.6 is 0 Å². The van der Waals surface area contributed by atoms with Crippen molar-refractivity contribution in [2.45, 2.75) is 19.4 Å². The van der Waals surface area contributed by atoms with Crippen molar-refractivity contribution in [2.75, 3.05) is 0 Å². The van der Waals surface area contributed by atoms with Crippen molar-refractivity contribution in [1.82, 2.24) is 15.1 Å². The molecule has 0 amide bonds. The second-order valence-corrected chi connectivity index (χ2v) is 5.18. The maximum atomic E-state index is 6.38. The summed E-state index contributed by atoms with van der Waals surface area (Å²) in [6.07, 6.45) is 3.46. The van der Waals surface area contributed by atoms with E-state index in [2.05, 4.69) is 15.1 Å². The number of hydrogen-bond acceptors (Lipinski definition) is 5. The van der Waals surface area contributed by atoms with Gasteiger partial charge in [0.05, 0.1) is 0 Å². The molecule has 0 radical (unpaired) electrons. The first-order valence-electron chi connectivity index (χ1n) is 6.68. The molecule has 1 aromatic carbocycles. The topological polar surface area (TPSA) is 77.8 Å². The summed E-state index contributed by atoms with van der Waals surface area (Å²) in [7, 11) is 0. The number of aromatic nitrogens is 3. The third-order valence-corrected chi connectivity index (χ3v) is 3.52. The third-order valence-electron chi connectivity index (χ3n) is 3.52. The summed E-state index contributed by atoms with van der Waals surface area (Å²) >= 11 is 0. The van der Waals surface area contributed by atoms with Crippen LogP contribution in [0.1, 0.15) is 23.9 Å². The highest BCUT2D eigenvalue weighted by atomic mass is 16.5. The first kappa shape index (κ1) is 13.5. The summed E-state index contributed by atoms with van der Waals surface area (Å²) in [5.41, 5.74) is 8.35. The number of nitrogens with zero attached hydrogens (tertiary/aromatic N) is 3. The summed E-state index contributed by atoms with van der Waals surface area (Å²) in [4.78, 5) is 8.55. The summed E-state index contributed by atoms with van der Waals surface area (Å²) in [6, 6.07) is 11.6. The Morgan fingerprint density at radius 1 is 1.14 bits per heavy atom. The number of rotatable bonds is 3. The van der Waals surface area contributed by atoms with Gasteiger partial charge in [0.15, 0.2) is 0 Å². The maximum Gasteiger partial charge on any atom is 0.251 e. The monoisotopic (exact) mass is 280 g/mol. The second-order valence-electron chi connectivity index (χ2n) is 5.18. The standard InChI is InChI=1S/C16H16N4O/c1-11-8-9-18-10-13(11)14-19-15(21-20-14)16(2,17)12-6-4-3-5-7-12/h3-10H,17H2,1-2H3. The van der Waals surface area contributed by atoms with Crippen LogP contribution in [0.15, 0.2) is 53.3 Å². The fourth-order valence-corrected chi connectivity index (χ4v) is 2.15. The lowest BCUT2D eigenvalue weighted by Gasteiger charge is -2.20. The Morgan fingerprint density at radius 2 is 1.90 bits per heavy atom. The van der Waals surface area contributed by atoms with Crippen LogP contribution in [0.25, 0.3) is 11.4 Å². The first-order chi connectivity index (χ1) is 10.1. The van der Waals surface area contributed by atoms with Crippen LogP contribution in [0.5, 0.6) is 0 Å². The molecule has 0 bridgehead atoms. The largest absolute Gasteiger partial charge is 0.337 e. The molecule has 1 unspecified atom stereocenters. The molecular formula is C16H16N4O. The minimum atomic E-state index is -0.831. The molecule has 3 aromatic rings. The van der Waals surface area contributed by atoms with Crippen molar-refractivity contribution in [3.05, 3.63) is 65.8 Å². The minimum Gasteiger partial charge on any atom is -0.337 e. The van der Waals surface area contributed by atoms with E-state index in [1.165, 1.54) is 0 Å². The summed E-state index contributed by atoms with van der Waals surface area (Å²) in [5.74, 6) is 0.884. The highest BCUT2D eigenvalue weighted by Crippen LogP contribution is 2.27. The Morgan fingerprint density at radius 3 is 2.62 bits per heavy atom. The van der Waals surface area contributed by atoms with Gasteiger partial charge in [0.2, 0.25) is 5.82 Å². The van der Waals surface area contributed by atoms with Gasteiger partial charge in [-0.3, -0.25) is 4.98 Å². The van der Waals surface area contributed by atoms with E-state index in [1.54, 1.807) is 12.4 Å². The lowest BCUT2D eigenvalue weighted by molar-refractivity contribution is 0.325. The molecule has 5 nitrogen and oxygen atoms in total. The molecule has 2 N–H and O–H groups in total. The first-order valence-corrected chi connectivity index (χ1v) is 6.68. The normalized spacial score (nSPS) is 13.9. The molecule has 0 spiro atoms. The smallest absolute Gasteiger partial charge is 0.251 e. The Hall–Kier alpha value is -2.53.